The highest BCUT2D eigenvalue weighted by atomic mass is 35.5. The Morgan fingerprint density at radius 2 is 2.04 bits per heavy atom. The predicted molar refractivity (Wildman–Crippen MR) is 113 cm³/mol. The molecule has 2 aromatic heterocycles. The Morgan fingerprint density at radius 1 is 1.18 bits per heavy atom. The Hall–Kier alpha value is -2.38. The Bertz CT molecular complexity index is 1020. The number of aromatic nitrogens is 2. The number of carbonyl (C=O) groups excluding carboxylic acids is 1. The van der Waals surface area contributed by atoms with Gasteiger partial charge in [-0.2, -0.15) is 0 Å². The zero-order valence-corrected chi connectivity index (χ0v) is 16.8. The van der Waals surface area contributed by atoms with E-state index in [1.54, 1.807) is 17.7 Å². The highest BCUT2D eigenvalue weighted by Gasteiger charge is 2.32. The van der Waals surface area contributed by atoms with E-state index in [0.29, 0.717) is 0 Å². The monoisotopic (exact) mass is 413 g/mol. The number of rotatable bonds is 3. The molecule has 0 saturated carbocycles. The molecule has 144 valence electrons. The number of amides is 2. The van der Waals surface area contributed by atoms with Gasteiger partial charge in [0.15, 0.2) is 0 Å². The van der Waals surface area contributed by atoms with E-state index in [4.69, 9.17) is 11.6 Å². The number of anilines is 1. The molecule has 6 nitrogen and oxygen atoms in total. The summed E-state index contributed by atoms with van der Waals surface area (Å²) in [7, 11) is 0. The SMILES string of the molecule is O=C1NCCN1C1CCCN(c2ncnc3cc(-c4ccc(Cl)cc4)sc23)C1. The fraction of sp³-hybridized carbons (Fsp3) is 0.350. The summed E-state index contributed by atoms with van der Waals surface area (Å²) in [6.45, 7) is 3.29. The van der Waals surface area contributed by atoms with Crippen LogP contribution in [0.25, 0.3) is 20.7 Å². The summed E-state index contributed by atoms with van der Waals surface area (Å²) in [5, 5.41) is 3.64. The molecule has 0 radical (unpaired) electrons. The first kappa shape index (κ1) is 17.7. The Kier molecular flexibility index (Phi) is 4.56. The van der Waals surface area contributed by atoms with Crippen molar-refractivity contribution in [1.82, 2.24) is 20.2 Å². The number of nitrogens with one attached hydrogen (secondary N) is 1. The smallest absolute Gasteiger partial charge is 0.317 e. The molecule has 5 rings (SSSR count). The minimum absolute atomic E-state index is 0.0563. The maximum atomic E-state index is 12.1. The second-order valence-electron chi connectivity index (χ2n) is 7.20. The van der Waals surface area contributed by atoms with Crippen LogP contribution in [0.3, 0.4) is 0 Å². The van der Waals surface area contributed by atoms with Crippen LogP contribution in [-0.2, 0) is 0 Å². The summed E-state index contributed by atoms with van der Waals surface area (Å²) in [4.78, 5) is 26.6. The second kappa shape index (κ2) is 7.22. The van der Waals surface area contributed by atoms with Gasteiger partial charge in [-0.1, -0.05) is 23.7 Å². The Morgan fingerprint density at radius 3 is 2.82 bits per heavy atom. The molecule has 1 aromatic carbocycles. The minimum atomic E-state index is 0.0563. The largest absolute Gasteiger partial charge is 0.353 e. The van der Waals surface area contributed by atoms with E-state index >= 15 is 0 Å². The van der Waals surface area contributed by atoms with Gasteiger partial charge in [-0.05, 0) is 36.6 Å². The van der Waals surface area contributed by atoms with Crippen LogP contribution in [0, 0.1) is 0 Å². The molecule has 1 atom stereocenters. The molecule has 4 heterocycles. The molecule has 8 heteroatoms. The van der Waals surface area contributed by atoms with Crippen molar-refractivity contribution in [3.8, 4) is 10.4 Å². The van der Waals surface area contributed by atoms with E-state index in [0.717, 1.165) is 70.5 Å². The number of piperidine rings is 1. The van der Waals surface area contributed by atoms with E-state index in [1.807, 2.05) is 29.2 Å². The molecule has 2 saturated heterocycles. The van der Waals surface area contributed by atoms with E-state index in [9.17, 15) is 4.79 Å². The predicted octanol–water partition coefficient (Wildman–Crippen LogP) is 4.01. The Labute approximate surface area is 172 Å². The Balaban J connectivity index is 1.46. The number of benzene rings is 1. The van der Waals surface area contributed by atoms with Gasteiger partial charge in [0.05, 0.1) is 16.3 Å². The summed E-state index contributed by atoms with van der Waals surface area (Å²) in [6.07, 6.45) is 3.73. The minimum Gasteiger partial charge on any atom is -0.353 e. The van der Waals surface area contributed by atoms with E-state index in [1.165, 1.54) is 0 Å². The molecule has 0 bridgehead atoms. The highest BCUT2D eigenvalue weighted by Crippen LogP contribution is 2.38. The first-order valence-corrected chi connectivity index (χ1v) is 10.7. The lowest BCUT2D eigenvalue weighted by atomic mass is 10.0. The van der Waals surface area contributed by atoms with Gasteiger partial charge >= 0.3 is 6.03 Å². The van der Waals surface area contributed by atoms with Gasteiger partial charge in [0.2, 0.25) is 0 Å². The topological polar surface area (TPSA) is 61.4 Å². The van der Waals surface area contributed by atoms with E-state index in [2.05, 4.69) is 26.3 Å². The van der Waals surface area contributed by atoms with Crippen LogP contribution in [0.1, 0.15) is 12.8 Å². The summed E-state index contributed by atoms with van der Waals surface area (Å²) >= 11 is 7.73. The van der Waals surface area contributed by atoms with Crippen molar-refractivity contribution in [2.24, 2.45) is 0 Å². The van der Waals surface area contributed by atoms with Crippen LogP contribution in [0.2, 0.25) is 5.02 Å². The van der Waals surface area contributed by atoms with Gasteiger partial charge in [0.25, 0.3) is 0 Å². The van der Waals surface area contributed by atoms with Crippen molar-refractivity contribution in [2.75, 3.05) is 31.1 Å². The first-order valence-electron chi connectivity index (χ1n) is 9.49. The standard InChI is InChI=1S/C20H20ClN5OS/c21-14-5-3-13(4-6-14)17-10-16-18(28-17)19(24-12-23-16)25-8-1-2-15(11-25)26-9-7-22-20(26)27/h3-6,10,12,15H,1-2,7-9,11H2,(H,22,27). The normalized spacial score (nSPS) is 20.0. The zero-order chi connectivity index (χ0) is 19.1. The average Bonchev–Trinajstić information content (AvgIpc) is 3.34. The molecule has 1 N–H and O–H groups in total. The number of fused-ring (bicyclic) bond motifs is 1. The van der Waals surface area contributed by atoms with Crippen LogP contribution >= 0.6 is 22.9 Å². The number of urea groups is 1. The lowest BCUT2D eigenvalue weighted by molar-refractivity contribution is 0.189. The fourth-order valence-corrected chi connectivity index (χ4v) is 5.32. The number of nitrogens with zero attached hydrogens (tertiary/aromatic N) is 4. The third-order valence-corrected chi connectivity index (χ3v) is 6.87. The molecule has 2 aliphatic heterocycles. The molecular weight excluding hydrogens is 394 g/mol. The van der Waals surface area contributed by atoms with E-state index < -0.39 is 0 Å². The van der Waals surface area contributed by atoms with Crippen LogP contribution < -0.4 is 10.2 Å². The molecule has 3 aromatic rings. The maximum Gasteiger partial charge on any atom is 0.317 e. The van der Waals surface area contributed by atoms with Crippen LogP contribution in [0.15, 0.2) is 36.7 Å². The summed E-state index contributed by atoms with van der Waals surface area (Å²) in [5.41, 5.74) is 2.09. The molecule has 0 spiro atoms. The molecule has 0 aliphatic carbocycles. The number of hydrogen-bond donors (Lipinski definition) is 1. The summed E-state index contributed by atoms with van der Waals surface area (Å²) in [5.74, 6) is 0.972. The van der Waals surface area contributed by atoms with Crippen molar-refractivity contribution >= 4 is 45.0 Å². The summed E-state index contributed by atoms with van der Waals surface area (Å²) < 4.78 is 1.10. The molecule has 28 heavy (non-hydrogen) atoms. The van der Waals surface area contributed by atoms with Crippen molar-refractivity contribution < 1.29 is 4.79 Å². The number of carbonyl (C=O) groups is 1. The third kappa shape index (κ3) is 3.18. The van der Waals surface area contributed by atoms with Crippen molar-refractivity contribution in [3.05, 3.63) is 41.7 Å². The zero-order valence-electron chi connectivity index (χ0n) is 15.3. The van der Waals surface area contributed by atoms with Crippen molar-refractivity contribution in [1.29, 1.82) is 0 Å². The maximum absolute atomic E-state index is 12.1. The van der Waals surface area contributed by atoms with Gasteiger partial charge in [-0.15, -0.1) is 11.3 Å². The molecule has 1 unspecified atom stereocenters. The van der Waals surface area contributed by atoms with Crippen LogP contribution in [0.5, 0.6) is 0 Å². The molecule has 2 fully saturated rings. The van der Waals surface area contributed by atoms with Crippen LogP contribution in [0.4, 0.5) is 10.6 Å². The lowest BCUT2D eigenvalue weighted by Gasteiger charge is -2.37. The average molecular weight is 414 g/mol. The van der Waals surface area contributed by atoms with Gasteiger partial charge in [-0.25, -0.2) is 14.8 Å². The van der Waals surface area contributed by atoms with Crippen molar-refractivity contribution in [2.45, 2.75) is 18.9 Å². The quantitative estimate of drug-likeness (QED) is 0.704. The van der Waals surface area contributed by atoms with Gasteiger partial charge in [0, 0.05) is 36.1 Å². The van der Waals surface area contributed by atoms with Gasteiger partial charge in [-0.3, -0.25) is 0 Å². The van der Waals surface area contributed by atoms with Crippen molar-refractivity contribution in [3.63, 3.8) is 0 Å². The second-order valence-corrected chi connectivity index (χ2v) is 8.69. The number of thiophene rings is 1. The van der Waals surface area contributed by atoms with Gasteiger partial charge in [0.1, 0.15) is 12.1 Å². The van der Waals surface area contributed by atoms with E-state index in [-0.39, 0.29) is 12.1 Å². The van der Waals surface area contributed by atoms with Crippen LogP contribution in [-0.4, -0.2) is 53.1 Å². The number of halogens is 1. The fourth-order valence-electron chi connectivity index (χ4n) is 4.06. The lowest BCUT2D eigenvalue weighted by Crippen LogP contribution is -2.49. The molecule has 2 amide bonds. The highest BCUT2D eigenvalue weighted by molar-refractivity contribution is 7.22. The first-order chi connectivity index (χ1) is 13.7. The molecular formula is C20H20ClN5OS. The molecule has 2 aliphatic rings. The van der Waals surface area contributed by atoms with Gasteiger partial charge < -0.3 is 15.1 Å². The number of hydrogen-bond acceptors (Lipinski definition) is 5. The third-order valence-electron chi connectivity index (χ3n) is 5.45. The summed E-state index contributed by atoms with van der Waals surface area (Å²) in [6, 6.07) is 10.3.